The summed E-state index contributed by atoms with van der Waals surface area (Å²) in [6.45, 7) is 0.755. The first-order valence-corrected chi connectivity index (χ1v) is 9.39. The van der Waals surface area contributed by atoms with Gasteiger partial charge in [-0.3, -0.25) is 0 Å². The van der Waals surface area contributed by atoms with Crippen LogP contribution in [0.5, 0.6) is 0 Å². The molecule has 1 aliphatic carbocycles. The highest BCUT2D eigenvalue weighted by atomic mass is 19.1. The van der Waals surface area contributed by atoms with Crippen molar-refractivity contribution in [3.63, 3.8) is 0 Å². The monoisotopic (exact) mass is 345 g/mol. The molecule has 0 amide bonds. The second kappa shape index (κ2) is 7.84. The first kappa shape index (κ1) is 17.0. The van der Waals surface area contributed by atoms with E-state index in [9.17, 15) is 4.39 Å². The van der Waals surface area contributed by atoms with Crippen molar-refractivity contribution >= 4 is 0 Å². The third kappa shape index (κ3) is 3.86. The van der Waals surface area contributed by atoms with E-state index in [0.717, 1.165) is 24.9 Å². The van der Waals surface area contributed by atoms with E-state index in [0.29, 0.717) is 12.0 Å². The van der Waals surface area contributed by atoms with Gasteiger partial charge in [-0.1, -0.05) is 66.7 Å². The molecule has 1 aliphatic rings. The van der Waals surface area contributed by atoms with Gasteiger partial charge in [-0.25, -0.2) is 4.39 Å². The summed E-state index contributed by atoms with van der Waals surface area (Å²) in [4.78, 5) is 0. The van der Waals surface area contributed by atoms with Gasteiger partial charge in [0, 0.05) is 12.6 Å². The van der Waals surface area contributed by atoms with Crippen molar-refractivity contribution in [2.75, 3.05) is 0 Å². The summed E-state index contributed by atoms with van der Waals surface area (Å²) in [5.74, 6) is 0.381. The van der Waals surface area contributed by atoms with Gasteiger partial charge in [0.25, 0.3) is 0 Å². The largest absolute Gasteiger partial charge is 0.306 e. The minimum Gasteiger partial charge on any atom is -0.306 e. The Balaban J connectivity index is 1.56. The van der Waals surface area contributed by atoms with Gasteiger partial charge in [0.15, 0.2) is 0 Å². The van der Waals surface area contributed by atoms with E-state index in [1.54, 1.807) is 0 Å². The maximum Gasteiger partial charge on any atom is 0.123 e. The van der Waals surface area contributed by atoms with Gasteiger partial charge in [0.1, 0.15) is 5.82 Å². The molecule has 0 spiro atoms. The van der Waals surface area contributed by atoms with E-state index in [-0.39, 0.29) is 5.82 Å². The fourth-order valence-electron chi connectivity index (χ4n) is 4.07. The molecule has 0 unspecified atom stereocenters. The third-order valence-electron chi connectivity index (χ3n) is 5.43. The van der Waals surface area contributed by atoms with Crippen LogP contribution in [-0.4, -0.2) is 0 Å². The van der Waals surface area contributed by atoms with Crippen LogP contribution in [0.15, 0.2) is 78.9 Å². The smallest absolute Gasteiger partial charge is 0.123 e. The van der Waals surface area contributed by atoms with E-state index in [2.05, 4.69) is 59.9 Å². The van der Waals surface area contributed by atoms with Crippen molar-refractivity contribution in [1.82, 2.24) is 5.32 Å². The van der Waals surface area contributed by atoms with Crippen molar-refractivity contribution in [3.05, 3.63) is 107 Å². The molecule has 3 aromatic rings. The summed E-state index contributed by atoms with van der Waals surface area (Å²) in [5.41, 5.74) is 5.38. The SMILES string of the molecule is Fc1ccc(CN[C@@H]2c3ccccc3CC[C@H]2Cc2ccccc2)cc1. The summed E-state index contributed by atoms with van der Waals surface area (Å²) >= 11 is 0. The molecule has 4 rings (SSSR count). The summed E-state index contributed by atoms with van der Waals surface area (Å²) in [6, 6.07) is 26.6. The van der Waals surface area contributed by atoms with Crippen molar-refractivity contribution in [2.45, 2.75) is 31.8 Å². The summed E-state index contributed by atoms with van der Waals surface area (Å²) in [6.07, 6.45) is 3.41. The summed E-state index contributed by atoms with van der Waals surface area (Å²) in [7, 11) is 0. The molecule has 26 heavy (non-hydrogen) atoms. The predicted octanol–water partition coefficient (Wildman–Crippen LogP) is 5.46. The van der Waals surface area contributed by atoms with Crippen LogP contribution >= 0.6 is 0 Å². The molecule has 0 heterocycles. The lowest BCUT2D eigenvalue weighted by Crippen LogP contribution is -2.33. The first-order valence-electron chi connectivity index (χ1n) is 9.39. The Hall–Kier alpha value is -2.45. The Morgan fingerprint density at radius 1 is 0.808 bits per heavy atom. The molecular weight excluding hydrogens is 321 g/mol. The van der Waals surface area contributed by atoms with Crippen LogP contribution in [0.2, 0.25) is 0 Å². The highest BCUT2D eigenvalue weighted by Gasteiger charge is 2.29. The quantitative estimate of drug-likeness (QED) is 0.647. The number of rotatable bonds is 5. The minimum absolute atomic E-state index is 0.182. The Morgan fingerprint density at radius 2 is 1.54 bits per heavy atom. The second-order valence-corrected chi connectivity index (χ2v) is 7.17. The van der Waals surface area contributed by atoms with Crippen LogP contribution in [0, 0.1) is 11.7 Å². The van der Waals surface area contributed by atoms with E-state index in [1.807, 2.05) is 12.1 Å². The maximum absolute atomic E-state index is 13.2. The van der Waals surface area contributed by atoms with Crippen molar-refractivity contribution in [2.24, 2.45) is 5.92 Å². The first-order chi connectivity index (χ1) is 12.8. The Morgan fingerprint density at radius 3 is 2.35 bits per heavy atom. The van der Waals surface area contributed by atoms with Gasteiger partial charge >= 0.3 is 0 Å². The van der Waals surface area contributed by atoms with Crippen LogP contribution < -0.4 is 5.32 Å². The number of halogens is 1. The molecule has 0 aliphatic heterocycles. The van der Waals surface area contributed by atoms with Gasteiger partial charge in [-0.15, -0.1) is 0 Å². The zero-order valence-corrected chi connectivity index (χ0v) is 14.9. The molecule has 0 radical (unpaired) electrons. The van der Waals surface area contributed by atoms with Crippen LogP contribution in [0.25, 0.3) is 0 Å². The average molecular weight is 345 g/mol. The van der Waals surface area contributed by atoms with Crippen molar-refractivity contribution < 1.29 is 4.39 Å². The highest BCUT2D eigenvalue weighted by Crippen LogP contribution is 2.36. The van der Waals surface area contributed by atoms with Crippen molar-refractivity contribution in [1.29, 1.82) is 0 Å². The zero-order valence-electron chi connectivity index (χ0n) is 14.9. The van der Waals surface area contributed by atoms with Crippen LogP contribution in [0.3, 0.4) is 0 Å². The minimum atomic E-state index is -0.182. The van der Waals surface area contributed by atoms with Gasteiger partial charge in [0.05, 0.1) is 0 Å². The topological polar surface area (TPSA) is 12.0 Å². The maximum atomic E-state index is 13.2. The van der Waals surface area contributed by atoms with Gasteiger partial charge in [-0.05, 0) is 59.6 Å². The van der Waals surface area contributed by atoms with Gasteiger partial charge < -0.3 is 5.32 Å². The molecule has 0 saturated carbocycles. The predicted molar refractivity (Wildman–Crippen MR) is 104 cm³/mol. The Bertz CT molecular complexity index is 842. The number of fused-ring (bicyclic) bond motifs is 1. The zero-order chi connectivity index (χ0) is 17.8. The van der Waals surface area contributed by atoms with E-state index < -0.39 is 0 Å². The molecule has 0 saturated heterocycles. The third-order valence-corrected chi connectivity index (χ3v) is 5.43. The number of hydrogen-bond acceptors (Lipinski definition) is 1. The lowest BCUT2D eigenvalue weighted by molar-refractivity contribution is 0.317. The molecule has 2 atom stereocenters. The molecule has 2 heteroatoms. The normalized spacial score (nSPS) is 19.1. The Kier molecular flexibility index (Phi) is 5.12. The molecule has 1 N–H and O–H groups in total. The summed E-state index contributed by atoms with van der Waals surface area (Å²) in [5, 5.41) is 3.76. The van der Waals surface area contributed by atoms with E-state index in [1.165, 1.54) is 35.2 Å². The molecular formula is C24H24FN. The molecule has 132 valence electrons. The van der Waals surface area contributed by atoms with Gasteiger partial charge in [0.2, 0.25) is 0 Å². The molecule has 0 aromatic heterocycles. The highest BCUT2D eigenvalue weighted by molar-refractivity contribution is 5.34. The lowest BCUT2D eigenvalue weighted by Gasteiger charge is -2.35. The average Bonchev–Trinajstić information content (AvgIpc) is 2.69. The number of benzene rings is 3. The Labute approximate surface area is 154 Å². The molecule has 0 bridgehead atoms. The van der Waals surface area contributed by atoms with Crippen LogP contribution in [0.4, 0.5) is 4.39 Å². The summed E-state index contributed by atoms with van der Waals surface area (Å²) < 4.78 is 13.2. The molecule has 0 fully saturated rings. The van der Waals surface area contributed by atoms with E-state index >= 15 is 0 Å². The lowest BCUT2D eigenvalue weighted by atomic mass is 9.77. The number of nitrogens with one attached hydrogen (secondary N) is 1. The number of hydrogen-bond donors (Lipinski definition) is 1. The van der Waals surface area contributed by atoms with E-state index in [4.69, 9.17) is 0 Å². The molecule has 1 nitrogen and oxygen atoms in total. The number of aryl methyl sites for hydroxylation is 1. The fraction of sp³-hybridized carbons (Fsp3) is 0.250. The van der Waals surface area contributed by atoms with Gasteiger partial charge in [-0.2, -0.15) is 0 Å². The van der Waals surface area contributed by atoms with Crippen LogP contribution in [0.1, 0.15) is 34.7 Å². The fourth-order valence-corrected chi connectivity index (χ4v) is 4.07. The standard InChI is InChI=1S/C24H24FN/c25-22-14-10-19(11-15-22)17-26-24-21(16-18-6-2-1-3-7-18)13-12-20-8-4-5-9-23(20)24/h1-11,14-15,21,24,26H,12-13,16-17H2/t21-,24-/m0/s1. The van der Waals surface area contributed by atoms with Crippen molar-refractivity contribution in [3.8, 4) is 0 Å². The second-order valence-electron chi connectivity index (χ2n) is 7.17. The van der Waals surface area contributed by atoms with Crippen LogP contribution in [-0.2, 0) is 19.4 Å². The molecule has 3 aromatic carbocycles.